The molecule has 0 aromatic heterocycles. The molecule has 1 atom stereocenters. The Labute approximate surface area is 230 Å². The van der Waals surface area contributed by atoms with Crippen LogP contribution in [-0.4, -0.2) is 35.9 Å². The second-order valence-corrected chi connectivity index (χ2v) is 10.1. The third-order valence-electron chi connectivity index (χ3n) is 5.63. The average molecular weight is 592 g/mol. The van der Waals surface area contributed by atoms with E-state index in [0.29, 0.717) is 34.3 Å². The molecule has 3 aromatic carbocycles. The van der Waals surface area contributed by atoms with Crippen LogP contribution in [0.2, 0.25) is 10.0 Å². The fourth-order valence-corrected chi connectivity index (χ4v) is 4.38. The normalized spacial score (nSPS) is 11.6. The van der Waals surface area contributed by atoms with Crippen molar-refractivity contribution in [2.24, 2.45) is 0 Å². The van der Waals surface area contributed by atoms with Crippen LogP contribution in [0.1, 0.15) is 30.9 Å². The van der Waals surface area contributed by atoms with Gasteiger partial charge in [0.2, 0.25) is 5.91 Å². The van der Waals surface area contributed by atoms with Crippen molar-refractivity contribution in [3.63, 3.8) is 0 Å². The number of amides is 2. The van der Waals surface area contributed by atoms with E-state index in [-0.39, 0.29) is 25.0 Å². The standard InChI is InChI=1S/C28H29BrCl2N2O3/c1-2-3-15-32-28(35)26(16-20-7-5-4-6-8-20)33(18-21-9-12-23(30)17-25(21)31)27(34)19-36-24-13-10-22(29)11-14-24/h4-14,17,26H,2-3,15-16,18-19H2,1H3,(H,32,35). The van der Waals surface area contributed by atoms with Crippen LogP contribution in [0.4, 0.5) is 0 Å². The lowest BCUT2D eigenvalue weighted by atomic mass is 10.0. The van der Waals surface area contributed by atoms with Crippen molar-refractivity contribution in [2.45, 2.75) is 38.8 Å². The first-order chi connectivity index (χ1) is 17.4. The molecule has 0 fully saturated rings. The molecule has 0 spiro atoms. The molecule has 1 N–H and O–H groups in total. The van der Waals surface area contributed by atoms with Gasteiger partial charge in [-0.25, -0.2) is 0 Å². The molecule has 36 heavy (non-hydrogen) atoms. The molecule has 5 nitrogen and oxygen atoms in total. The van der Waals surface area contributed by atoms with Crippen molar-refractivity contribution >= 4 is 50.9 Å². The third-order valence-corrected chi connectivity index (χ3v) is 6.75. The lowest BCUT2D eigenvalue weighted by Gasteiger charge is -2.31. The van der Waals surface area contributed by atoms with Crippen molar-refractivity contribution < 1.29 is 14.3 Å². The zero-order chi connectivity index (χ0) is 25.9. The molecule has 0 aliphatic heterocycles. The van der Waals surface area contributed by atoms with E-state index in [2.05, 4.69) is 28.2 Å². The number of hydrogen-bond donors (Lipinski definition) is 1. The number of carbonyl (C=O) groups excluding carboxylic acids is 2. The highest BCUT2D eigenvalue weighted by Gasteiger charge is 2.31. The minimum Gasteiger partial charge on any atom is -0.484 e. The number of carbonyl (C=O) groups is 2. The summed E-state index contributed by atoms with van der Waals surface area (Å²) in [5, 5.41) is 3.92. The van der Waals surface area contributed by atoms with Crippen molar-refractivity contribution in [3.8, 4) is 5.75 Å². The van der Waals surface area contributed by atoms with Gasteiger partial charge in [-0.3, -0.25) is 9.59 Å². The number of nitrogens with zero attached hydrogens (tertiary/aromatic N) is 1. The largest absolute Gasteiger partial charge is 0.484 e. The number of hydrogen-bond acceptors (Lipinski definition) is 3. The van der Waals surface area contributed by atoms with Crippen LogP contribution in [0.3, 0.4) is 0 Å². The van der Waals surface area contributed by atoms with Gasteiger partial charge in [0.05, 0.1) is 0 Å². The number of benzene rings is 3. The topological polar surface area (TPSA) is 58.6 Å². The SMILES string of the molecule is CCCCNC(=O)C(Cc1ccccc1)N(Cc1ccc(Cl)cc1Cl)C(=O)COc1ccc(Br)cc1. The van der Waals surface area contributed by atoms with Crippen molar-refractivity contribution in [1.29, 1.82) is 0 Å². The molecule has 3 aromatic rings. The van der Waals surface area contributed by atoms with Crippen molar-refractivity contribution in [2.75, 3.05) is 13.2 Å². The smallest absolute Gasteiger partial charge is 0.261 e. The highest BCUT2D eigenvalue weighted by atomic mass is 79.9. The van der Waals surface area contributed by atoms with Crippen LogP contribution in [0.15, 0.2) is 77.3 Å². The number of ether oxygens (including phenoxy) is 1. The predicted molar refractivity (Wildman–Crippen MR) is 149 cm³/mol. The molecule has 3 rings (SSSR count). The molecule has 0 saturated heterocycles. The zero-order valence-corrected chi connectivity index (χ0v) is 23.2. The Morgan fingerprint density at radius 3 is 2.42 bits per heavy atom. The number of unbranched alkanes of at least 4 members (excludes halogenated alkanes) is 1. The molecule has 0 radical (unpaired) electrons. The Morgan fingerprint density at radius 1 is 1.03 bits per heavy atom. The van der Waals surface area contributed by atoms with Crippen LogP contribution in [0.5, 0.6) is 5.75 Å². The fourth-order valence-electron chi connectivity index (χ4n) is 3.65. The van der Waals surface area contributed by atoms with Crippen LogP contribution >= 0.6 is 39.1 Å². The highest BCUT2D eigenvalue weighted by molar-refractivity contribution is 9.10. The molecule has 0 saturated carbocycles. The van der Waals surface area contributed by atoms with E-state index >= 15 is 0 Å². The summed E-state index contributed by atoms with van der Waals surface area (Å²) in [6, 6.07) is 21.2. The summed E-state index contributed by atoms with van der Waals surface area (Å²) in [5.74, 6) is 0.0212. The Bertz CT molecular complexity index is 1140. The van der Waals surface area contributed by atoms with Crippen LogP contribution in [0.25, 0.3) is 0 Å². The lowest BCUT2D eigenvalue weighted by molar-refractivity contribution is -0.142. The number of nitrogens with one attached hydrogen (secondary N) is 1. The Morgan fingerprint density at radius 2 is 1.75 bits per heavy atom. The molecule has 0 bridgehead atoms. The summed E-state index contributed by atoms with van der Waals surface area (Å²) in [7, 11) is 0. The van der Waals surface area contributed by atoms with Gasteiger partial charge in [0.25, 0.3) is 5.91 Å². The molecular formula is C28H29BrCl2N2O3. The maximum atomic E-state index is 13.6. The molecule has 0 heterocycles. The van der Waals surface area contributed by atoms with Gasteiger partial charge in [-0.1, -0.05) is 88.9 Å². The summed E-state index contributed by atoms with van der Waals surface area (Å²) in [6.45, 7) is 2.52. The molecule has 8 heteroatoms. The summed E-state index contributed by atoms with van der Waals surface area (Å²) in [4.78, 5) is 28.5. The molecule has 190 valence electrons. The predicted octanol–water partition coefficient (Wildman–Crippen LogP) is 6.69. The number of rotatable bonds is 12. The van der Waals surface area contributed by atoms with Crippen LogP contribution in [-0.2, 0) is 22.6 Å². The molecule has 0 aliphatic carbocycles. The quantitative estimate of drug-likeness (QED) is 0.239. The van der Waals surface area contributed by atoms with Gasteiger partial charge in [-0.05, 0) is 53.9 Å². The van der Waals surface area contributed by atoms with Crippen molar-refractivity contribution in [1.82, 2.24) is 10.2 Å². The Balaban J connectivity index is 1.90. The van der Waals surface area contributed by atoms with E-state index < -0.39 is 6.04 Å². The maximum absolute atomic E-state index is 13.6. The van der Waals surface area contributed by atoms with Crippen LogP contribution in [0, 0.1) is 0 Å². The molecule has 2 amide bonds. The highest BCUT2D eigenvalue weighted by Crippen LogP contribution is 2.24. The summed E-state index contributed by atoms with van der Waals surface area (Å²) < 4.78 is 6.68. The third kappa shape index (κ3) is 8.54. The maximum Gasteiger partial charge on any atom is 0.261 e. The Kier molecular flexibility index (Phi) is 11.1. The minimum absolute atomic E-state index is 0.136. The first-order valence-corrected chi connectivity index (χ1v) is 13.4. The monoisotopic (exact) mass is 590 g/mol. The van der Waals surface area contributed by atoms with E-state index in [0.717, 1.165) is 22.9 Å². The van der Waals surface area contributed by atoms with Gasteiger partial charge in [0.15, 0.2) is 6.61 Å². The average Bonchev–Trinajstić information content (AvgIpc) is 2.87. The van der Waals surface area contributed by atoms with E-state index in [1.165, 1.54) is 0 Å². The second kappa shape index (κ2) is 14.3. The van der Waals surface area contributed by atoms with Gasteiger partial charge in [0.1, 0.15) is 11.8 Å². The van der Waals surface area contributed by atoms with E-state index in [1.807, 2.05) is 42.5 Å². The molecular weight excluding hydrogens is 563 g/mol. The first-order valence-electron chi connectivity index (χ1n) is 11.8. The van der Waals surface area contributed by atoms with Gasteiger partial charge in [-0.2, -0.15) is 0 Å². The van der Waals surface area contributed by atoms with Gasteiger partial charge in [0, 0.05) is 34.0 Å². The van der Waals surface area contributed by atoms with Gasteiger partial charge < -0.3 is 15.0 Å². The van der Waals surface area contributed by atoms with Crippen molar-refractivity contribution in [3.05, 3.63) is 98.4 Å². The summed E-state index contributed by atoms with van der Waals surface area (Å²) >= 11 is 15.9. The fraction of sp³-hybridized carbons (Fsp3) is 0.286. The van der Waals surface area contributed by atoms with E-state index in [9.17, 15) is 9.59 Å². The zero-order valence-electron chi connectivity index (χ0n) is 20.1. The van der Waals surface area contributed by atoms with Crippen LogP contribution < -0.4 is 10.1 Å². The lowest BCUT2D eigenvalue weighted by Crippen LogP contribution is -2.51. The second-order valence-electron chi connectivity index (χ2n) is 8.35. The molecule has 0 aliphatic rings. The first kappa shape index (κ1) is 28.0. The minimum atomic E-state index is -0.753. The summed E-state index contributed by atoms with van der Waals surface area (Å²) in [6.07, 6.45) is 2.16. The van der Waals surface area contributed by atoms with Gasteiger partial charge >= 0.3 is 0 Å². The Hall–Kier alpha value is -2.54. The summed E-state index contributed by atoms with van der Waals surface area (Å²) in [5.41, 5.74) is 1.64. The molecule has 1 unspecified atom stereocenters. The van der Waals surface area contributed by atoms with Gasteiger partial charge in [-0.15, -0.1) is 0 Å². The van der Waals surface area contributed by atoms with E-state index in [4.69, 9.17) is 27.9 Å². The van der Waals surface area contributed by atoms with E-state index in [1.54, 1.807) is 35.2 Å². The number of halogens is 3.